The summed E-state index contributed by atoms with van der Waals surface area (Å²) in [5, 5.41) is 40.8. The van der Waals surface area contributed by atoms with Crippen molar-refractivity contribution < 1.29 is 49.1 Å². The summed E-state index contributed by atoms with van der Waals surface area (Å²) >= 11 is 1.05. The molecule has 1 unspecified atom stereocenters. The van der Waals surface area contributed by atoms with Gasteiger partial charge in [0.25, 0.3) is 5.24 Å². The summed E-state index contributed by atoms with van der Waals surface area (Å²) in [5.41, 5.74) is 4.21. The normalized spacial score (nSPS) is 23.8. The van der Waals surface area contributed by atoms with E-state index in [2.05, 4.69) is 36.3 Å². The molecule has 1 radical (unpaired) electrons. The van der Waals surface area contributed by atoms with E-state index in [1.165, 1.54) is 5.56 Å². The third-order valence-corrected chi connectivity index (χ3v) is 11.5. The number of amides is 2. The molecular weight excluding hydrogens is 783 g/mol. The van der Waals surface area contributed by atoms with E-state index in [-0.39, 0.29) is 101 Å². The minimum Gasteiger partial charge on any atom is -0.493 e. The van der Waals surface area contributed by atoms with E-state index in [0.717, 1.165) is 47.2 Å². The van der Waals surface area contributed by atoms with Crippen molar-refractivity contribution in [1.29, 1.82) is 0 Å². The second-order valence-corrected chi connectivity index (χ2v) is 15.9. The van der Waals surface area contributed by atoms with E-state index < -0.39 is 30.4 Å². The first-order valence-electron chi connectivity index (χ1n) is 19.3. The second kappa shape index (κ2) is 25.0. The van der Waals surface area contributed by atoms with Crippen molar-refractivity contribution in [3.8, 4) is 5.75 Å². The average Bonchev–Trinajstić information content (AvgIpc) is 3.46. The number of thioether (sulfide) groups is 1. The number of allylic oxidation sites excluding steroid dienone is 2. The van der Waals surface area contributed by atoms with Crippen LogP contribution in [-0.2, 0) is 38.4 Å². The Kier molecular flexibility index (Phi) is 22.1. The van der Waals surface area contributed by atoms with Crippen molar-refractivity contribution in [2.75, 3.05) is 6.61 Å². The standard InChI is InChI=1S/C23H36O7.C19H20N2O3S.ClH.Na/c1-4-13(2)23(29)30-20-11-17(25)9-15-6-5-14(3)19(22(15)20)8-7-16(24)10-18(26)12-21(27)28;1-2-13-3-6-15(20-12-13)9-10-24-16-7-4-14(5-8-16)11-17-18(22)21-19(23)25-17;;/h5-6,9,13-14,16-20,22,24-26H,4,7-8,10-12H2,1-3H3,(H,27,28);3-8,12,17H,2,9-11H2,1H3,(H,21,22,23);1H;/t13-,14-,16+,17+,18+,19-,20-,22-;;;/m0.../s1. The number of aliphatic hydroxyl groups excluding tert-OH is 3. The van der Waals surface area contributed by atoms with Crippen LogP contribution in [0.2, 0.25) is 0 Å². The summed E-state index contributed by atoms with van der Waals surface area (Å²) in [6.45, 7) is 8.52. The maximum atomic E-state index is 12.4. The van der Waals surface area contributed by atoms with Gasteiger partial charge in [0, 0.05) is 60.2 Å². The van der Waals surface area contributed by atoms with Crippen LogP contribution in [0.15, 0.2) is 66.4 Å². The van der Waals surface area contributed by atoms with Crippen molar-refractivity contribution in [3.63, 3.8) is 0 Å². The Morgan fingerprint density at radius 2 is 1.75 bits per heavy atom. The Balaban J connectivity index is 0.000000385. The summed E-state index contributed by atoms with van der Waals surface area (Å²) in [7, 11) is 0. The smallest absolute Gasteiger partial charge is 0.308 e. The number of nitrogens with one attached hydrogen (secondary N) is 1. The van der Waals surface area contributed by atoms with Gasteiger partial charge < -0.3 is 29.9 Å². The number of aliphatic carboxylic acids is 1. The predicted octanol–water partition coefficient (Wildman–Crippen LogP) is 5.64. The molecule has 1 saturated heterocycles. The molecule has 57 heavy (non-hydrogen) atoms. The third-order valence-electron chi connectivity index (χ3n) is 10.5. The van der Waals surface area contributed by atoms with Gasteiger partial charge in [-0.15, -0.1) is 12.4 Å². The van der Waals surface area contributed by atoms with Crippen LogP contribution < -0.4 is 10.1 Å². The molecule has 0 spiro atoms. The first-order chi connectivity index (χ1) is 26.3. The molecule has 0 saturated carbocycles. The number of benzene rings is 1. The molecular formula is C42H57ClN2NaO10S. The molecule has 12 nitrogen and oxygen atoms in total. The van der Waals surface area contributed by atoms with Gasteiger partial charge in [0.2, 0.25) is 5.91 Å². The zero-order valence-corrected chi connectivity index (χ0v) is 37.2. The van der Waals surface area contributed by atoms with Gasteiger partial charge in [-0.05, 0) is 85.3 Å². The number of rotatable bonds is 17. The molecule has 9 atom stereocenters. The number of carbonyl (C=O) groups excluding carboxylic acids is 3. The maximum absolute atomic E-state index is 12.4. The fourth-order valence-electron chi connectivity index (χ4n) is 7.07. The Morgan fingerprint density at radius 3 is 2.35 bits per heavy atom. The SMILES string of the molecule is CC[C@H](C)C(=O)O[C@H]1C[C@H](O)C=C2C=C[C@H](C)[C@H](CC[C@@H](O)C[C@@H](O)CC(=O)O)[C@H]21.CCc1ccc(CCOc2ccc(CC3SC(=O)NC3=O)cc2)nc1.Cl.[Na]. The van der Waals surface area contributed by atoms with Crippen LogP contribution in [0.1, 0.15) is 83.0 Å². The number of aromatic nitrogens is 1. The summed E-state index contributed by atoms with van der Waals surface area (Å²) < 4.78 is 11.6. The van der Waals surface area contributed by atoms with Crippen LogP contribution in [0.3, 0.4) is 0 Å². The van der Waals surface area contributed by atoms with E-state index in [1.807, 2.05) is 62.5 Å². The van der Waals surface area contributed by atoms with Crippen LogP contribution in [0.25, 0.3) is 0 Å². The number of carbonyl (C=O) groups is 4. The predicted molar refractivity (Wildman–Crippen MR) is 222 cm³/mol. The van der Waals surface area contributed by atoms with Gasteiger partial charge in [0.05, 0.1) is 42.5 Å². The van der Waals surface area contributed by atoms with Gasteiger partial charge in [-0.1, -0.05) is 75.9 Å². The van der Waals surface area contributed by atoms with E-state index in [4.69, 9.17) is 14.6 Å². The summed E-state index contributed by atoms with van der Waals surface area (Å²) in [4.78, 5) is 50.3. The number of hydrogen-bond acceptors (Lipinski definition) is 11. The first-order valence-corrected chi connectivity index (χ1v) is 20.2. The fourth-order valence-corrected chi connectivity index (χ4v) is 7.93. The Bertz CT molecular complexity index is 1660. The van der Waals surface area contributed by atoms with Crippen molar-refractivity contribution in [3.05, 3.63) is 83.2 Å². The number of halogens is 1. The molecule has 5 rings (SSSR count). The molecule has 0 bridgehead atoms. The number of imide groups is 1. The van der Waals surface area contributed by atoms with Crippen LogP contribution in [0.4, 0.5) is 4.79 Å². The number of esters is 1. The van der Waals surface area contributed by atoms with E-state index in [0.29, 0.717) is 38.7 Å². The van der Waals surface area contributed by atoms with E-state index in [9.17, 15) is 34.5 Å². The molecule has 1 aromatic carbocycles. The van der Waals surface area contributed by atoms with Crippen LogP contribution in [0.5, 0.6) is 5.75 Å². The number of carboxylic acids is 1. The monoisotopic (exact) mass is 839 g/mol. The van der Waals surface area contributed by atoms with E-state index >= 15 is 0 Å². The Labute approximate surface area is 368 Å². The van der Waals surface area contributed by atoms with Crippen molar-refractivity contribution in [1.82, 2.24) is 10.3 Å². The van der Waals surface area contributed by atoms with Crippen molar-refractivity contribution in [2.45, 2.75) is 115 Å². The summed E-state index contributed by atoms with van der Waals surface area (Å²) in [5.74, 6) is -0.735. The van der Waals surface area contributed by atoms with Gasteiger partial charge >= 0.3 is 11.9 Å². The fraction of sp³-hybridized carbons (Fsp3) is 0.548. The Morgan fingerprint density at radius 1 is 1.05 bits per heavy atom. The minimum atomic E-state index is -1.10. The zero-order chi connectivity index (χ0) is 40.1. The quantitative estimate of drug-likeness (QED) is 0.0975. The Hall–Kier alpha value is -2.75. The third kappa shape index (κ3) is 16.1. The topological polar surface area (TPSA) is 193 Å². The van der Waals surface area contributed by atoms with Gasteiger partial charge in [0.1, 0.15) is 11.9 Å². The summed E-state index contributed by atoms with van der Waals surface area (Å²) in [6, 6.07) is 11.8. The van der Waals surface area contributed by atoms with Gasteiger partial charge in [-0.25, -0.2) is 0 Å². The average molecular weight is 840 g/mol. The molecule has 1 aliphatic heterocycles. The van der Waals surface area contributed by atoms with Gasteiger partial charge in [-0.2, -0.15) is 0 Å². The van der Waals surface area contributed by atoms with Crippen LogP contribution >= 0.6 is 24.2 Å². The molecule has 2 aliphatic carbocycles. The van der Waals surface area contributed by atoms with E-state index in [1.54, 1.807) is 0 Å². The molecule has 15 heteroatoms. The molecule has 1 aromatic heterocycles. The number of aliphatic hydroxyl groups is 3. The molecule has 309 valence electrons. The van der Waals surface area contributed by atoms with Gasteiger partial charge in [-0.3, -0.25) is 29.5 Å². The molecule has 2 amide bonds. The largest absolute Gasteiger partial charge is 0.493 e. The van der Waals surface area contributed by atoms with Crippen LogP contribution in [-0.4, -0.2) is 114 Å². The first kappa shape index (κ1) is 50.4. The molecule has 2 aromatic rings. The zero-order valence-electron chi connectivity index (χ0n) is 33.5. The van der Waals surface area contributed by atoms with Gasteiger partial charge in [0.15, 0.2) is 0 Å². The van der Waals surface area contributed by atoms with Crippen LogP contribution in [0, 0.1) is 23.7 Å². The number of aryl methyl sites for hydroxylation is 1. The molecule has 1 fully saturated rings. The molecule has 5 N–H and O–H groups in total. The number of ether oxygens (including phenoxy) is 2. The number of carboxylic acid groups (broad SMARTS) is 1. The number of hydrogen-bond donors (Lipinski definition) is 5. The molecule has 2 heterocycles. The minimum absolute atomic E-state index is 0. The van der Waals surface area contributed by atoms with Crippen molar-refractivity contribution >= 4 is 76.8 Å². The number of nitrogens with zero attached hydrogens (tertiary/aromatic N) is 1. The maximum Gasteiger partial charge on any atom is 0.308 e. The summed E-state index contributed by atoms with van der Waals surface area (Å²) in [6.07, 6.45) is 8.83. The number of pyridine rings is 1. The second-order valence-electron chi connectivity index (χ2n) is 14.7. The van der Waals surface area contributed by atoms with Crippen molar-refractivity contribution in [2.24, 2.45) is 23.7 Å². The molecule has 3 aliphatic rings. The number of fused-ring (bicyclic) bond motifs is 1.